The Morgan fingerprint density at radius 2 is 1.89 bits per heavy atom. The van der Waals surface area contributed by atoms with Crippen LogP contribution < -0.4 is 21.6 Å². The van der Waals surface area contributed by atoms with Crippen LogP contribution in [0.1, 0.15) is 77.8 Å². The number of allylic oxidation sites excluding steroid dienone is 1. The third-order valence-corrected chi connectivity index (χ3v) is 12.1. The van der Waals surface area contributed by atoms with Crippen LogP contribution in [-0.2, 0) is 48.2 Å². The van der Waals surface area contributed by atoms with Crippen molar-refractivity contribution in [3.63, 3.8) is 0 Å². The number of phenolic OH excluding ortho intramolecular Hbond substituents is 2. The number of nitrogens with zero attached hydrogens (tertiary/aromatic N) is 2. The number of benzene rings is 2. The minimum absolute atomic E-state index is 0.00943. The summed E-state index contributed by atoms with van der Waals surface area (Å²) in [6.07, 6.45) is 7.00. The number of hydrogen-bond donors (Lipinski definition) is 5. The molecule has 1 aliphatic carbocycles. The van der Waals surface area contributed by atoms with Crippen LogP contribution in [0.25, 0.3) is 11.0 Å². The van der Waals surface area contributed by atoms with Crippen LogP contribution in [0.5, 0.6) is 17.2 Å². The lowest BCUT2D eigenvalue weighted by atomic mass is 9.67. The molecular formula is C43H44N4O8. The fraction of sp³-hybridized carbons (Fsp3) is 0.349. The van der Waals surface area contributed by atoms with Crippen LogP contribution in [0.3, 0.4) is 0 Å². The van der Waals surface area contributed by atoms with Crippen molar-refractivity contribution in [1.82, 2.24) is 9.97 Å². The van der Waals surface area contributed by atoms with E-state index in [4.69, 9.17) is 25.4 Å². The Kier molecular flexibility index (Phi) is 9.03. The highest BCUT2D eigenvalue weighted by atomic mass is 16.6. The molecular weight excluding hydrogens is 700 g/mol. The summed E-state index contributed by atoms with van der Waals surface area (Å²) in [5, 5.41) is 32.8. The van der Waals surface area contributed by atoms with Gasteiger partial charge in [0, 0.05) is 53.4 Å². The Morgan fingerprint density at radius 3 is 2.65 bits per heavy atom. The first-order valence-corrected chi connectivity index (χ1v) is 18.6. The highest BCUT2D eigenvalue weighted by Gasteiger charge is 2.55. The molecule has 3 aromatic heterocycles. The van der Waals surface area contributed by atoms with Crippen LogP contribution in [0, 0.1) is 11.8 Å². The van der Waals surface area contributed by atoms with Crippen molar-refractivity contribution in [3.05, 3.63) is 121 Å². The molecule has 55 heavy (non-hydrogen) atoms. The number of esters is 1. The van der Waals surface area contributed by atoms with Gasteiger partial charge in [0.15, 0.2) is 5.43 Å². The largest absolute Gasteiger partial charge is 0.508 e. The Balaban J connectivity index is 1.48. The first-order valence-electron chi connectivity index (χ1n) is 18.6. The number of pyridine rings is 2. The second-order valence-corrected chi connectivity index (χ2v) is 15.2. The zero-order valence-electron chi connectivity index (χ0n) is 31.0. The van der Waals surface area contributed by atoms with Crippen LogP contribution in [0.15, 0.2) is 75.7 Å². The van der Waals surface area contributed by atoms with Gasteiger partial charge >= 0.3 is 5.97 Å². The van der Waals surface area contributed by atoms with E-state index in [0.29, 0.717) is 59.8 Å². The number of nitrogens with two attached hydrogens (primary N) is 2. The van der Waals surface area contributed by atoms with Gasteiger partial charge < -0.3 is 40.7 Å². The summed E-state index contributed by atoms with van der Waals surface area (Å²) in [7, 11) is 0. The van der Waals surface area contributed by atoms with Crippen molar-refractivity contribution in [2.75, 3.05) is 11.5 Å². The van der Waals surface area contributed by atoms with Crippen molar-refractivity contribution in [3.8, 4) is 17.2 Å². The third-order valence-electron chi connectivity index (χ3n) is 12.1. The summed E-state index contributed by atoms with van der Waals surface area (Å²) < 4.78 is 20.1. The quantitative estimate of drug-likeness (QED) is 0.111. The molecule has 8 rings (SSSR count). The van der Waals surface area contributed by atoms with E-state index < -0.39 is 35.6 Å². The smallest absolute Gasteiger partial charge is 0.333 e. The molecule has 12 nitrogen and oxygen atoms in total. The second kappa shape index (κ2) is 13.8. The zero-order valence-corrected chi connectivity index (χ0v) is 31.0. The first kappa shape index (κ1) is 36.1. The monoisotopic (exact) mass is 744 g/mol. The molecule has 2 bridgehead atoms. The highest BCUT2D eigenvalue weighted by Crippen LogP contribution is 2.55. The second-order valence-electron chi connectivity index (χ2n) is 15.2. The van der Waals surface area contributed by atoms with Gasteiger partial charge in [-0.25, -0.2) is 14.8 Å². The molecule has 0 spiro atoms. The fourth-order valence-corrected chi connectivity index (χ4v) is 9.11. The number of anilines is 2. The summed E-state index contributed by atoms with van der Waals surface area (Å²) in [5.41, 5.74) is 17.0. The molecule has 2 aliphatic heterocycles. The van der Waals surface area contributed by atoms with Crippen LogP contribution in [-0.4, -0.2) is 43.0 Å². The van der Waals surface area contributed by atoms with Crippen molar-refractivity contribution in [1.29, 1.82) is 0 Å². The number of nitrogen functional groups attached to an aromatic ring is 2. The van der Waals surface area contributed by atoms with E-state index in [1.165, 1.54) is 0 Å². The number of aromatic nitrogens is 2. The number of ether oxygens (including phenoxy) is 2. The lowest BCUT2D eigenvalue weighted by molar-refractivity contribution is -0.168. The number of carbonyl (C=O) groups excluding carboxylic acids is 1. The van der Waals surface area contributed by atoms with Gasteiger partial charge in [-0.2, -0.15) is 0 Å². The fourth-order valence-electron chi connectivity index (χ4n) is 9.11. The van der Waals surface area contributed by atoms with Gasteiger partial charge in [0.25, 0.3) is 0 Å². The Morgan fingerprint density at radius 1 is 1.07 bits per heavy atom. The Hall–Kier alpha value is -5.88. The molecule has 5 unspecified atom stereocenters. The summed E-state index contributed by atoms with van der Waals surface area (Å²) in [6, 6.07) is 11.9. The van der Waals surface area contributed by atoms with E-state index in [0.717, 1.165) is 40.3 Å². The number of hydrogen-bond acceptors (Lipinski definition) is 12. The molecule has 12 heteroatoms. The van der Waals surface area contributed by atoms with Crippen molar-refractivity contribution in [2.24, 2.45) is 11.8 Å². The molecule has 5 heterocycles. The molecule has 5 aromatic rings. The van der Waals surface area contributed by atoms with Crippen LogP contribution in [0.2, 0.25) is 0 Å². The average Bonchev–Trinajstić information content (AvgIpc) is 3.34. The Labute approximate surface area is 317 Å². The van der Waals surface area contributed by atoms with Gasteiger partial charge in [-0.15, -0.1) is 0 Å². The molecule has 284 valence electrons. The molecule has 0 saturated carbocycles. The normalized spacial score (nSPS) is 23.1. The number of aromatic hydroxyl groups is 2. The van der Waals surface area contributed by atoms with E-state index in [-0.39, 0.29) is 46.5 Å². The molecule has 3 aliphatic rings. The molecule has 0 fully saturated rings. The topological polar surface area (TPSA) is 204 Å². The SMILES string of the molecule is CC=C(C)C(=O)OC1Cc2c3c(c4oc(CO)cc(=O)c4c2O)C(Cc2cccc(O)c2)c2ccnc(N)c2CC2CCc4cc(N)ncc4CC2C1(C)O3. The van der Waals surface area contributed by atoms with Gasteiger partial charge in [-0.1, -0.05) is 18.2 Å². The van der Waals surface area contributed by atoms with E-state index in [1.54, 1.807) is 44.3 Å². The maximum Gasteiger partial charge on any atom is 0.333 e. The van der Waals surface area contributed by atoms with Crippen LogP contribution >= 0.6 is 0 Å². The van der Waals surface area contributed by atoms with Gasteiger partial charge in [-0.3, -0.25) is 4.79 Å². The van der Waals surface area contributed by atoms with E-state index in [9.17, 15) is 24.9 Å². The van der Waals surface area contributed by atoms with E-state index >= 15 is 0 Å². The number of aliphatic hydroxyl groups is 1. The molecule has 5 atom stereocenters. The lowest BCUT2D eigenvalue weighted by Crippen LogP contribution is -2.59. The maximum atomic E-state index is 13.9. The molecule has 7 N–H and O–H groups in total. The zero-order chi connectivity index (χ0) is 38.8. The minimum atomic E-state index is -1.21. The lowest BCUT2D eigenvalue weighted by Gasteiger charge is -2.50. The third kappa shape index (κ3) is 6.14. The number of aryl methyl sites for hydroxylation is 1. The van der Waals surface area contributed by atoms with Crippen LogP contribution in [0.4, 0.5) is 11.6 Å². The van der Waals surface area contributed by atoms with Gasteiger partial charge in [0.1, 0.15) is 63.9 Å². The van der Waals surface area contributed by atoms with Crippen molar-refractivity contribution < 1.29 is 34.0 Å². The van der Waals surface area contributed by atoms with Gasteiger partial charge in [0.2, 0.25) is 0 Å². The molecule has 2 aromatic carbocycles. The number of phenols is 2. The first-order chi connectivity index (χ1) is 26.4. The van der Waals surface area contributed by atoms with Crippen molar-refractivity contribution in [2.45, 2.75) is 83.5 Å². The molecule has 0 saturated heterocycles. The average molecular weight is 745 g/mol. The number of rotatable bonds is 5. The minimum Gasteiger partial charge on any atom is -0.508 e. The number of fused-ring (bicyclic) bond motifs is 7. The summed E-state index contributed by atoms with van der Waals surface area (Å²) in [5.74, 6) is -0.694. The summed E-state index contributed by atoms with van der Waals surface area (Å²) in [4.78, 5) is 36.6. The Bertz CT molecular complexity index is 2460. The summed E-state index contributed by atoms with van der Waals surface area (Å²) in [6.45, 7) is 4.84. The maximum absolute atomic E-state index is 13.9. The van der Waals surface area contributed by atoms with Gasteiger partial charge in [-0.05, 0) is 111 Å². The predicted octanol–water partition coefficient (Wildman–Crippen LogP) is 5.57. The van der Waals surface area contributed by atoms with E-state index in [2.05, 4.69) is 9.97 Å². The molecule has 0 radical (unpaired) electrons. The summed E-state index contributed by atoms with van der Waals surface area (Å²) >= 11 is 0. The standard InChI is InChI=1S/C43H44N4O8/c1-4-21(2)42(52)54-34-18-31-38(51)37-33(50)17-27(20-48)53-40(37)36-29(13-22-6-5-7-26(49)12-22)28-10-11-46-41(45)30(28)14-24-9-8-23-16-35(44)47-19-25(23)15-32(24)43(34,3)55-39(31)36/h4-7,10-12,16-17,19,24,29,32,34,48-49,51H,8-9,13-15,18,20H2,1-3H3,(H2,44,47)(H2,45,46). The van der Waals surface area contributed by atoms with Crippen molar-refractivity contribution >= 4 is 28.6 Å². The van der Waals surface area contributed by atoms with E-state index in [1.807, 2.05) is 31.3 Å². The highest BCUT2D eigenvalue weighted by molar-refractivity contribution is 5.92. The predicted molar refractivity (Wildman–Crippen MR) is 206 cm³/mol. The van der Waals surface area contributed by atoms with Gasteiger partial charge in [0.05, 0.1) is 0 Å². The number of aliphatic hydroxyl groups excluding tert-OH is 1. The number of carbonyl (C=O) groups is 1. The molecule has 0 amide bonds.